The second kappa shape index (κ2) is 6.40. The van der Waals surface area contributed by atoms with Gasteiger partial charge in [0.05, 0.1) is 23.4 Å². The number of hydrogen-bond donors (Lipinski definition) is 2. The lowest BCUT2D eigenvalue weighted by atomic mass is 9.77. The van der Waals surface area contributed by atoms with Gasteiger partial charge < -0.3 is 19.5 Å². The fourth-order valence-corrected chi connectivity index (χ4v) is 2.58. The maximum atomic E-state index is 11.4. The van der Waals surface area contributed by atoms with E-state index in [1.807, 2.05) is 27.7 Å². The second-order valence-corrected chi connectivity index (χ2v) is 7.42. The summed E-state index contributed by atoms with van der Waals surface area (Å²) in [7, 11) is -0.713. The number of halogens is 1. The van der Waals surface area contributed by atoms with Crippen LogP contribution in [-0.2, 0) is 9.31 Å². The van der Waals surface area contributed by atoms with E-state index in [2.05, 4.69) is 15.9 Å². The van der Waals surface area contributed by atoms with E-state index in [-0.39, 0.29) is 12.2 Å². The van der Waals surface area contributed by atoms with Crippen LogP contribution >= 0.6 is 15.9 Å². The van der Waals surface area contributed by atoms with Gasteiger partial charge in [-0.05, 0) is 50.9 Å². The molecule has 0 radical (unpaired) electrons. The van der Waals surface area contributed by atoms with Gasteiger partial charge in [0.15, 0.2) is 0 Å². The van der Waals surface area contributed by atoms with Crippen LogP contribution in [0.4, 0.5) is 0 Å². The van der Waals surface area contributed by atoms with E-state index < -0.39 is 24.3 Å². The Labute approximate surface area is 144 Å². The average Bonchev–Trinajstić information content (AvgIpc) is 2.65. The van der Waals surface area contributed by atoms with Crippen molar-refractivity contribution in [2.75, 3.05) is 6.61 Å². The van der Waals surface area contributed by atoms with Crippen molar-refractivity contribution >= 4 is 35.1 Å². The molecule has 1 aromatic carbocycles. The molecule has 1 aliphatic heterocycles. The highest BCUT2D eigenvalue weighted by molar-refractivity contribution is 9.10. The quantitative estimate of drug-likeness (QED) is 0.782. The monoisotopic (exact) mass is 382 g/mol. The largest absolute Gasteiger partial charge is 0.492 e. The van der Waals surface area contributed by atoms with Gasteiger partial charge >= 0.3 is 13.1 Å². The van der Waals surface area contributed by atoms with Gasteiger partial charge in [0.1, 0.15) is 0 Å². The van der Waals surface area contributed by atoms with E-state index in [4.69, 9.17) is 9.31 Å². The van der Waals surface area contributed by atoms with Gasteiger partial charge in [-0.2, -0.15) is 0 Å². The Morgan fingerprint density at radius 2 is 1.83 bits per heavy atom. The Bertz CT molecular complexity index is 638. The zero-order valence-corrected chi connectivity index (χ0v) is 15.2. The van der Waals surface area contributed by atoms with Crippen LogP contribution in [0.5, 0.6) is 0 Å². The summed E-state index contributed by atoms with van der Waals surface area (Å²) in [5.41, 5.74) is 0.0532. The zero-order valence-electron chi connectivity index (χ0n) is 13.6. The van der Waals surface area contributed by atoms with Gasteiger partial charge in [-0.1, -0.05) is 28.1 Å². The number of carboxylic acid groups (broad SMARTS) is 1. The van der Waals surface area contributed by atoms with E-state index in [0.717, 1.165) is 0 Å². The Morgan fingerprint density at radius 3 is 2.30 bits per heavy atom. The molecule has 1 heterocycles. The predicted molar refractivity (Wildman–Crippen MR) is 92.2 cm³/mol. The fourth-order valence-electron chi connectivity index (χ4n) is 2.22. The lowest BCUT2D eigenvalue weighted by molar-refractivity contribution is 0.00578. The Morgan fingerprint density at radius 1 is 1.26 bits per heavy atom. The van der Waals surface area contributed by atoms with Crippen molar-refractivity contribution in [3.8, 4) is 0 Å². The van der Waals surface area contributed by atoms with Gasteiger partial charge in [-0.3, -0.25) is 0 Å². The maximum absolute atomic E-state index is 11.4. The first kappa shape index (κ1) is 18.2. The third kappa shape index (κ3) is 3.69. The molecule has 0 aromatic heterocycles. The summed E-state index contributed by atoms with van der Waals surface area (Å²) in [6.45, 7) is 7.40. The molecule has 7 heteroatoms. The highest BCUT2D eigenvalue weighted by atomic mass is 79.9. The number of rotatable bonds is 4. The minimum absolute atomic E-state index is 0.141. The molecule has 0 spiro atoms. The first-order valence-corrected chi connectivity index (χ1v) is 8.06. The van der Waals surface area contributed by atoms with Crippen LogP contribution in [0, 0.1) is 0 Å². The van der Waals surface area contributed by atoms with Crippen molar-refractivity contribution < 1.29 is 24.3 Å². The molecular formula is C16H20BBrO5. The molecular weight excluding hydrogens is 363 g/mol. The molecule has 0 amide bonds. The van der Waals surface area contributed by atoms with Crippen LogP contribution in [0.25, 0.3) is 6.08 Å². The maximum Gasteiger partial charge on any atom is 0.492 e. The molecule has 23 heavy (non-hydrogen) atoms. The van der Waals surface area contributed by atoms with Crippen molar-refractivity contribution in [3.05, 3.63) is 39.3 Å². The van der Waals surface area contributed by atoms with Crippen molar-refractivity contribution in [3.63, 3.8) is 0 Å². The van der Waals surface area contributed by atoms with E-state index >= 15 is 0 Å². The van der Waals surface area contributed by atoms with Crippen molar-refractivity contribution in [2.45, 2.75) is 38.9 Å². The van der Waals surface area contributed by atoms with Gasteiger partial charge in [0, 0.05) is 4.47 Å². The fraction of sp³-hybridized carbons (Fsp3) is 0.438. The van der Waals surface area contributed by atoms with Crippen LogP contribution in [0.15, 0.2) is 28.1 Å². The number of aliphatic hydroxyl groups is 1. The SMILES string of the molecule is CC1(C)OB(C(=Cc2ccc(Br)cc2C(=O)O)CO)OC1(C)C. The molecule has 1 aliphatic rings. The summed E-state index contributed by atoms with van der Waals surface area (Å²) in [6, 6.07) is 4.94. The van der Waals surface area contributed by atoms with E-state index in [9.17, 15) is 15.0 Å². The molecule has 5 nitrogen and oxygen atoms in total. The summed E-state index contributed by atoms with van der Waals surface area (Å²) in [5.74, 6) is -1.04. The number of carboxylic acids is 1. The lowest BCUT2D eigenvalue weighted by Gasteiger charge is -2.32. The summed E-state index contributed by atoms with van der Waals surface area (Å²) < 4.78 is 12.5. The Kier molecular flexibility index (Phi) is 5.06. The molecule has 1 aromatic rings. The number of aromatic carboxylic acids is 1. The average molecular weight is 383 g/mol. The highest BCUT2D eigenvalue weighted by Gasteiger charge is 2.52. The van der Waals surface area contributed by atoms with Gasteiger partial charge in [0.2, 0.25) is 0 Å². The first-order valence-electron chi connectivity index (χ1n) is 7.27. The van der Waals surface area contributed by atoms with Crippen LogP contribution < -0.4 is 0 Å². The second-order valence-electron chi connectivity index (χ2n) is 6.50. The molecule has 0 bridgehead atoms. The predicted octanol–water partition coefficient (Wildman–Crippen LogP) is 3.15. The van der Waals surface area contributed by atoms with Crippen LogP contribution in [0.1, 0.15) is 43.6 Å². The summed E-state index contributed by atoms with van der Waals surface area (Å²) in [6.07, 6.45) is 1.61. The number of carbonyl (C=O) groups is 1. The minimum atomic E-state index is -1.04. The molecule has 2 N–H and O–H groups in total. The van der Waals surface area contributed by atoms with Crippen molar-refractivity contribution in [2.24, 2.45) is 0 Å². The lowest BCUT2D eigenvalue weighted by Crippen LogP contribution is -2.41. The zero-order chi connectivity index (χ0) is 17.4. The molecule has 0 unspecified atom stereocenters. The van der Waals surface area contributed by atoms with Crippen molar-refractivity contribution in [1.82, 2.24) is 0 Å². The molecule has 2 rings (SSSR count). The Balaban J connectivity index is 2.40. The topological polar surface area (TPSA) is 76.0 Å². The van der Waals surface area contributed by atoms with E-state index in [1.54, 1.807) is 18.2 Å². The number of aliphatic hydroxyl groups excluding tert-OH is 1. The van der Waals surface area contributed by atoms with Gasteiger partial charge in [-0.15, -0.1) is 0 Å². The number of hydrogen-bond acceptors (Lipinski definition) is 4. The highest BCUT2D eigenvalue weighted by Crippen LogP contribution is 2.38. The summed E-state index contributed by atoms with van der Waals surface area (Å²) >= 11 is 3.26. The third-order valence-corrected chi connectivity index (χ3v) is 4.82. The first-order chi connectivity index (χ1) is 10.6. The number of benzene rings is 1. The molecule has 1 saturated heterocycles. The molecule has 0 aliphatic carbocycles. The summed E-state index contributed by atoms with van der Waals surface area (Å²) in [4.78, 5) is 11.4. The van der Waals surface area contributed by atoms with Crippen molar-refractivity contribution in [1.29, 1.82) is 0 Å². The molecule has 0 saturated carbocycles. The summed E-state index contributed by atoms with van der Waals surface area (Å²) in [5, 5.41) is 19.0. The molecule has 124 valence electrons. The van der Waals surface area contributed by atoms with E-state index in [1.165, 1.54) is 6.07 Å². The normalized spacial score (nSPS) is 19.9. The van der Waals surface area contributed by atoms with Gasteiger partial charge in [-0.25, -0.2) is 4.79 Å². The Hall–Kier alpha value is -1.15. The smallest absolute Gasteiger partial charge is 0.478 e. The van der Waals surface area contributed by atoms with Crippen LogP contribution in [-0.4, -0.2) is 41.1 Å². The van der Waals surface area contributed by atoms with Crippen LogP contribution in [0.2, 0.25) is 0 Å². The minimum Gasteiger partial charge on any atom is -0.478 e. The van der Waals surface area contributed by atoms with Crippen LogP contribution in [0.3, 0.4) is 0 Å². The third-order valence-electron chi connectivity index (χ3n) is 4.33. The van der Waals surface area contributed by atoms with Gasteiger partial charge in [0.25, 0.3) is 0 Å². The standard InChI is InChI=1S/C16H20BBrO5/c1-15(2)16(3,4)23-17(22-15)11(9-19)7-10-5-6-12(18)8-13(10)14(20)21/h5-8,19H,9H2,1-4H3,(H,20,21). The van der Waals surface area contributed by atoms with E-state index in [0.29, 0.717) is 15.5 Å². The molecule has 1 fully saturated rings. The molecule has 0 atom stereocenters.